The van der Waals surface area contributed by atoms with Crippen LogP contribution in [-0.4, -0.2) is 37.1 Å². The zero-order valence-electron chi connectivity index (χ0n) is 16.1. The summed E-state index contributed by atoms with van der Waals surface area (Å²) in [5.74, 6) is 1.89. The van der Waals surface area contributed by atoms with Gasteiger partial charge in [-0.25, -0.2) is 0 Å². The average molecular weight is 411 g/mol. The molecule has 1 aromatic heterocycles. The average Bonchev–Trinajstić information content (AvgIpc) is 3.45. The Labute approximate surface area is 172 Å². The van der Waals surface area contributed by atoms with Crippen molar-refractivity contribution in [2.24, 2.45) is 0 Å². The van der Waals surface area contributed by atoms with Gasteiger partial charge in [0.2, 0.25) is 6.79 Å². The van der Waals surface area contributed by atoms with E-state index in [-0.39, 0.29) is 31.7 Å². The molecule has 0 fully saturated rings. The molecule has 1 aliphatic rings. The summed E-state index contributed by atoms with van der Waals surface area (Å²) in [5.41, 5.74) is 1.54. The Kier molecular flexibility index (Phi) is 6.17. The number of rotatable bonds is 9. The number of hydrogen-bond acceptors (Lipinski definition) is 7. The molecular weight excluding hydrogens is 390 g/mol. The lowest BCUT2D eigenvalue weighted by molar-refractivity contribution is 0.00546. The quantitative estimate of drug-likeness (QED) is 0.558. The summed E-state index contributed by atoms with van der Waals surface area (Å²) in [7, 11) is 0. The molecule has 0 saturated carbocycles. The topological polar surface area (TPSA) is 99.4 Å². The van der Waals surface area contributed by atoms with Crippen LogP contribution in [0.25, 0.3) is 0 Å². The molecule has 1 amide bonds. The van der Waals surface area contributed by atoms with Gasteiger partial charge in [0, 0.05) is 5.69 Å². The Morgan fingerprint density at radius 3 is 2.70 bits per heavy atom. The molecule has 8 heteroatoms. The number of nitrogens with one attached hydrogen (secondary N) is 1. The van der Waals surface area contributed by atoms with Gasteiger partial charge in [0.1, 0.15) is 18.5 Å². The molecule has 0 saturated heterocycles. The molecule has 0 radical (unpaired) electrons. The van der Waals surface area contributed by atoms with Crippen molar-refractivity contribution in [2.45, 2.75) is 12.7 Å². The molecule has 1 aliphatic heterocycles. The number of furan rings is 1. The van der Waals surface area contributed by atoms with Crippen LogP contribution in [0.15, 0.2) is 65.3 Å². The van der Waals surface area contributed by atoms with Gasteiger partial charge in [0.25, 0.3) is 5.91 Å². The van der Waals surface area contributed by atoms with Crippen molar-refractivity contribution >= 4 is 11.6 Å². The van der Waals surface area contributed by atoms with Crippen LogP contribution < -0.4 is 19.5 Å². The molecule has 8 nitrogen and oxygen atoms in total. The molecule has 2 N–H and O–H groups in total. The van der Waals surface area contributed by atoms with Gasteiger partial charge < -0.3 is 33.8 Å². The Balaban J connectivity index is 1.17. The molecule has 30 heavy (non-hydrogen) atoms. The highest BCUT2D eigenvalue weighted by Crippen LogP contribution is 2.32. The lowest BCUT2D eigenvalue weighted by atomic mass is 10.2. The van der Waals surface area contributed by atoms with E-state index in [4.69, 9.17) is 23.4 Å². The third kappa shape index (κ3) is 5.11. The van der Waals surface area contributed by atoms with Crippen molar-refractivity contribution in [2.75, 3.05) is 25.3 Å². The molecular formula is C22H21NO7. The first-order valence-electron chi connectivity index (χ1n) is 9.39. The summed E-state index contributed by atoms with van der Waals surface area (Å²) in [6.45, 7) is 0.787. The smallest absolute Gasteiger partial charge is 0.291 e. The molecule has 4 rings (SSSR count). The van der Waals surface area contributed by atoms with Gasteiger partial charge in [0.05, 0.1) is 19.5 Å². The minimum absolute atomic E-state index is 0.0826. The van der Waals surface area contributed by atoms with Crippen LogP contribution in [0.3, 0.4) is 0 Å². The highest BCUT2D eigenvalue weighted by Gasteiger charge is 2.14. The Morgan fingerprint density at radius 1 is 1.07 bits per heavy atom. The number of carbonyl (C=O) groups is 1. The van der Waals surface area contributed by atoms with Crippen molar-refractivity contribution in [3.8, 4) is 17.2 Å². The van der Waals surface area contributed by atoms with E-state index in [9.17, 15) is 9.90 Å². The number of aliphatic hydroxyl groups is 1. The second-order valence-corrected chi connectivity index (χ2v) is 6.62. The predicted octanol–water partition coefficient (Wildman–Crippen LogP) is 3.22. The second kappa shape index (κ2) is 9.34. The Bertz CT molecular complexity index is 970. The van der Waals surface area contributed by atoms with Crippen molar-refractivity contribution in [3.63, 3.8) is 0 Å². The molecule has 3 aromatic rings. The zero-order chi connectivity index (χ0) is 20.8. The van der Waals surface area contributed by atoms with E-state index in [0.717, 1.165) is 11.3 Å². The predicted molar refractivity (Wildman–Crippen MR) is 107 cm³/mol. The number of benzene rings is 2. The van der Waals surface area contributed by atoms with Crippen molar-refractivity contribution in [3.05, 3.63) is 72.2 Å². The monoisotopic (exact) mass is 411 g/mol. The fraction of sp³-hybridized carbons (Fsp3) is 0.227. The summed E-state index contributed by atoms with van der Waals surface area (Å²) >= 11 is 0. The maximum absolute atomic E-state index is 11.9. The van der Waals surface area contributed by atoms with E-state index in [1.54, 1.807) is 36.4 Å². The van der Waals surface area contributed by atoms with Gasteiger partial charge in [-0.3, -0.25) is 4.79 Å². The van der Waals surface area contributed by atoms with Gasteiger partial charge in [-0.1, -0.05) is 6.07 Å². The van der Waals surface area contributed by atoms with E-state index in [0.29, 0.717) is 23.8 Å². The number of amides is 1. The Morgan fingerprint density at radius 2 is 1.90 bits per heavy atom. The molecule has 2 aromatic carbocycles. The molecule has 0 bridgehead atoms. The molecule has 1 atom stereocenters. The number of hydrogen-bond donors (Lipinski definition) is 2. The van der Waals surface area contributed by atoms with Crippen LogP contribution in [0, 0.1) is 0 Å². The lowest BCUT2D eigenvalue weighted by Gasteiger charge is -2.13. The third-order valence-corrected chi connectivity index (χ3v) is 4.32. The van der Waals surface area contributed by atoms with Gasteiger partial charge in [-0.15, -0.1) is 0 Å². The third-order valence-electron chi connectivity index (χ3n) is 4.32. The zero-order valence-corrected chi connectivity index (χ0v) is 16.1. The normalized spacial score (nSPS) is 13.1. The van der Waals surface area contributed by atoms with Crippen LogP contribution in [-0.2, 0) is 11.3 Å². The highest BCUT2D eigenvalue weighted by atomic mass is 16.7. The van der Waals surface area contributed by atoms with Crippen molar-refractivity contribution in [1.29, 1.82) is 0 Å². The van der Waals surface area contributed by atoms with Crippen LogP contribution >= 0.6 is 0 Å². The van der Waals surface area contributed by atoms with Gasteiger partial charge in [-0.2, -0.15) is 0 Å². The maximum Gasteiger partial charge on any atom is 0.291 e. The SMILES string of the molecule is O=C(Nc1ccc(OC[C@@H](O)COCc2ccc3c(c2)OCO3)cc1)c1ccco1. The first-order valence-corrected chi connectivity index (χ1v) is 9.39. The summed E-state index contributed by atoms with van der Waals surface area (Å²) in [5, 5.41) is 12.8. The lowest BCUT2D eigenvalue weighted by Crippen LogP contribution is -2.23. The Hall–Kier alpha value is -3.49. The van der Waals surface area contributed by atoms with E-state index in [1.807, 2.05) is 18.2 Å². The van der Waals surface area contributed by atoms with E-state index in [1.165, 1.54) is 6.26 Å². The molecule has 0 aliphatic carbocycles. The summed E-state index contributed by atoms with van der Waals surface area (Å²) < 4.78 is 26.8. The van der Waals surface area contributed by atoms with E-state index >= 15 is 0 Å². The second-order valence-electron chi connectivity index (χ2n) is 6.62. The van der Waals surface area contributed by atoms with Crippen molar-refractivity contribution in [1.82, 2.24) is 0 Å². The highest BCUT2D eigenvalue weighted by molar-refractivity contribution is 6.02. The molecule has 0 unspecified atom stereocenters. The first-order chi connectivity index (χ1) is 14.7. The molecule has 0 spiro atoms. The fourth-order valence-electron chi connectivity index (χ4n) is 2.82. The molecule has 2 heterocycles. The summed E-state index contributed by atoms with van der Waals surface area (Å²) in [4.78, 5) is 11.9. The van der Waals surface area contributed by atoms with Crippen molar-refractivity contribution < 1.29 is 33.3 Å². The van der Waals surface area contributed by atoms with Crippen LogP contribution in [0.1, 0.15) is 16.1 Å². The van der Waals surface area contributed by atoms with Gasteiger partial charge >= 0.3 is 0 Å². The summed E-state index contributed by atoms with van der Waals surface area (Å²) in [6.07, 6.45) is 0.660. The standard InChI is InChI=1S/C22H21NO7/c24-17(12-26-11-15-3-8-19-21(10-15)30-14-29-19)13-28-18-6-4-16(5-7-18)23-22(25)20-2-1-9-27-20/h1-10,17,24H,11-14H2,(H,23,25)/t17-/m0/s1. The van der Waals surface area contributed by atoms with E-state index < -0.39 is 6.10 Å². The molecule has 156 valence electrons. The van der Waals surface area contributed by atoms with Crippen LogP contribution in [0.5, 0.6) is 17.2 Å². The minimum atomic E-state index is -0.780. The summed E-state index contributed by atoms with van der Waals surface area (Å²) in [6, 6.07) is 15.6. The van der Waals surface area contributed by atoms with Gasteiger partial charge in [0.15, 0.2) is 17.3 Å². The van der Waals surface area contributed by atoms with Gasteiger partial charge in [-0.05, 0) is 54.1 Å². The largest absolute Gasteiger partial charge is 0.491 e. The number of anilines is 1. The number of aliphatic hydroxyl groups excluding tert-OH is 1. The maximum atomic E-state index is 11.9. The number of ether oxygens (including phenoxy) is 4. The first kappa shape index (κ1) is 19.8. The number of carbonyl (C=O) groups excluding carboxylic acids is 1. The van der Waals surface area contributed by atoms with Crippen LogP contribution in [0.2, 0.25) is 0 Å². The van der Waals surface area contributed by atoms with E-state index in [2.05, 4.69) is 5.32 Å². The van der Waals surface area contributed by atoms with Crippen LogP contribution in [0.4, 0.5) is 5.69 Å². The minimum Gasteiger partial charge on any atom is -0.491 e. The fourth-order valence-corrected chi connectivity index (χ4v) is 2.82. The number of fused-ring (bicyclic) bond motifs is 1.